The van der Waals surface area contributed by atoms with Crippen LogP contribution in [0.15, 0.2) is 36.4 Å². The minimum absolute atomic E-state index is 0.413. The summed E-state index contributed by atoms with van der Waals surface area (Å²) in [6.45, 7) is 9.68. The van der Waals surface area contributed by atoms with Crippen molar-refractivity contribution in [3.8, 4) is 16.9 Å². The lowest BCUT2D eigenvalue weighted by Crippen LogP contribution is -2.27. The van der Waals surface area contributed by atoms with E-state index in [2.05, 4.69) is 16.4 Å². The number of nitrogens with zero attached hydrogens (tertiary/aromatic N) is 2. The quantitative estimate of drug-likeness (QED) is 0.684. The molecule has 1 N–H and O–H groups in total. The fourth-order valence-corrected chi connectivity index (χ4v) is 3.41. The molecule has 0 saturated carbocycles. The van der Waals surface area contributed by atoms with E-state index in [1.165, 1.54) is 4.57 Å². The number of rotatable bonds is 1. The Balaban J connectivity index is 1.76. The Hall–Kier alpha value is -2.86. The first-order chi connectivity index (χ1) is 13.3. The third-order valence-electron chi connectivity index (χ3n) is 4.64. The van der Waals surface area contributed by atoms with Gasteiger partial charge in [-0.05, 0) is 63.1 Å². The maximum Gasteiger partial charge on any atom is 0.420 e. The van der Waals surface area contributed by atoms with Gasteiger partial charge >= 0.3 is 6.09 Å². The predicted molar refractivity (Wildman–Crippen MR) is 109 cm³/mol. The van der Waals surface area contributed by atoms with Crippen LogP contribution in [0.25, 0.3) is 22.2 Å². The van der Waals surface area contributed by atoms with Crippen LogP contribution in [0.1, 0.15) is 32.2 Å². The number of aryl methyl sites for hydroxylation is 1. The fraction of sp³-hybridized carbons (Fsp3) is 0.364. The second kappa shape index (κ2) is 6.95. The Morgan fingerprint density at radius 2 is 1.93 bits per heavy atom. The van der Waals surface area contributed by atoms with E-state index in [0.717, 1.165) is 46.6 Å². The van der Waals surface area contributed by atoms with Crippen molar-refractivity contribution >= 4 is 17.1 Å². The first kappa shape index (κ1) is 18.5. The number of nitrogens with one attached hydrogen (secondary N) is 1. The van der Waals surface area contributed by atoms with Gasteiger partial charge in [0.05, 0.1) is 11.0 Å². The molecule has 0 saturated heterocycles. The molecule has 0 fully saturated rings. The van der Waals surface area contributed by atoms with Crippen molar-refractivity contribution in [1.29, 1.82) is 0 Å². The average molecular weight is 379 g/mol. The highest BCUT2D eigenvalue weighted by Crippen LogP contribution is 2.30. The molecule has 6 nitrogen and oxygen atoms in total. The smallest absolute Gasteiger partial charge is 0.420 e. The van der Waals surface area contributed by atoms with Crippen LogP contribution in [0, 0.1) is 6.92 Å². The van der Waals surface area contributed by atoms with E-state index in [0.29, 0.717) is 12.4 Å². The molecule has 0 bridgehead atoms. The molecule has 146 valence electrons. The molecule has 1 aromatic heterocycles. The fourth-order valence-electron chi connectivity index (χ4n) is 3.41. The molecule has 0 atom stereocenters. The van der Waals surface area contributed by atoms with Gasteiger partial charge in [-0.2, -0.15) is 0 Å². The van der Waals surface area contributed by atoms with Gasteiger partial charge in [0.2, 0.25) is 0 Å². The number of aromatic nitrogens is 2. The molecule has 0 amide bonds. The number of imidazole rings is 1. The summed E-state index contributed by atoms with van der Waals surface area (Å²) in [5.74, 6) is 1.53. The van der Waals surface area contributed by atoms with Crippen molar-refractivity contribution in [3.05, 3.63) is 47.8 Å². The van der Waals surface area contributed by atoms with Crippen molar-refractivity contribution in [3.63, 3.8) is 0 Å². The Morgan fingerprint density at radius 3 is 2.71 bits per heavy atom. The van der Waals surface area contributed by atoms with Gasteiger partial charge in [0, 0.05) is 18.7 Å². The molecule has 2 heterocycles. The second-order valence-corrected chi connectivity index (χ2v) is 8.03. The minimum Gasteiger partial charge on any atom is -0.492 e. The lowest BCUT2D eigenvalue weighted by molar-refractivity contribution is 0.0540. The normalized spacial score (nSPS) is 14.3. The number of carbonyl (C=O) groups excluding carboxylic acids is 1. The van der Waals surface area contributed by atoms with E-state index < -0.39 is 11.7 Å². The summed E-state index contributed by atoms with van der Waals surface area (Å²) < 4.78 is 12.9. The highest BCUT2D eigenvalue weighted by molar-refractivity contribution is 5.90. The van der Waals surface area contributed by atoms with E-state index in [1.54, 1.807) is 0 Å². The molecule has 0 aliphatic carbocycles. The molecule has 0 unspecified atom stereocenters. The topological polar surface area (TPSA) is 65.4 Å². The zero-order chi connectivity index (χ0) is 19.9. The zero-order valence-corrected chi connectivity index (χ0v) is 16.7. The molecule has 6 heteroatoms. The van der Waals surface area contributed by atoms with Gasteiger partial charge in [0.1, 0.15) is 23.8 Å². The molecular formula is C22H25N3O3. The summed E-state index contributed by atoms with van der Waals surface area (Å²) in [4.78, 5) is 17.2. The molecule has 1 aliphatic rings. The van der Waals surface area contributed by atoms with Gasteiger partial charge in [0.15, 0.2) is 0 Å². The van der Waals surface area contributed by atoms with Gasteiger partial charge in [-0.3, -0.25) is 0 Å². The van der Waals surface area contributed by atoms with Crippen LogP contribution in [0.5, 0.6) is 5.75 Å². The van der Waals surface area contributed by atoms with Crippen LogP contribution in [-0.4, -0.2) is 34.4 Å². The third kappa shape index (κ3) is 3.60. The third-order valence-corrected chi connectivity index (χ3v) is 4.64. The van der Waals surface area contributed by atoms with Crippen LogP contribution < -0.4 is 10.1 Å². The Kier molecular flexibility index (Phi) is 4.59. The summed E-state index contributed by atoms with van der Waals surface area (Å²) in [6.07, 6.45) is -0.413. The van der Waals surface area contributed by atoms with Crippen LogP contribution in [-0.2, 0) is 11.3 Å². The summed E-state index contributed by atoms with van der Waals surface area (Å²) >= 11 is 0. The van der Waals surface area contributed by atoms with Crippen molar-refractivity contribution in [2.45, 2.75) is 39.8 Å². The van der Waals surface area contributed by atoms with Gasteiger partial charge < -0.3 is 14.8 Å². The van der Waals surface area contributed by atoms with Crippen LogP contribution in [0.4, 0.5) is 4.79 Å². The lowest BCUT2D eigenvalue weighted by Gasteiger charge is -2.20. The summed E-state index contributed by atoms with van der Waals surface area (Å²) in [7, 11) is 0. The maximum absolute atomic E-state index is 12.7. The van der Waals surface area contributed by atoms with E-state index >= 15 is 0 Å². The van der Waals surface area contributed by atoms with Crippen molar-refractivity contribution < 1.29 is 14.3 Å². The average Bonchev–Trinajstić information content (AvgIpc) is 2.79. The summed E-state index contributed by atoms with van der Waals surface area (Å²) in [5.41, 5.74) is 4.17. The molecular weight excluding hydrogens is 354 g/mol. The standard InChI is InChI=1S/C22H25N3O3/c1-14-24-18-7-5-16(12-19(18)25(14)21(26)28-22(2,3)4)15-6-8-20-17(11-15)13-23-9-10-27-20/h5-8,11-12,23H,9-10,13H2,1-4H3. The molecule has 28 heavy (non-hydrogen) atoms. The van der Waals surface area contributed by atoms with E-state index in [1.807, 2.05) is 58.0 Å². The predicted octanol–water partition coefficient (Wildman–Crippen LogP) is 4.28. The lowest BCUT2D eigenvalue weighted by atomic mass is 10.0. The first-order valence-corrected chi connectivity index (χ1v) is 9.51. The van der Waals surface area contributed by atoms with Gasteiger partial charge in [0.25, 0.3) is 0 Å². The molecule has 4 rings (SSSR count). The van der Waals surface area contributed by atoms with Crippen molar-refractivity contribution in [2.75, 3.05) is 13.2 Å². The monoisotopic (exact) mass is 379 g/mol. The van der Waals surface area contributed by atoms with Crippen LogP contribution >= 0.6 is 0 Å². The number of carbonyl (C=O) groups is 1. The number of hydrogen-bond donors (Lipinski definition) is 1. The minimum atomic E-state index is -0.568. The molecule has 3 aromatic rings. The molecule has 0 spiro atoms. The highest BCUT2D eigenvalue weighted by atomic mass is 16.6. The second-order valence-electron chi connectivity index (χ2n) is 8.03. The van der Waals surface area contributed by atoms with Crippen molar-refractivity contribution in [2.24, 2.45) is 0 Å². The first-order valence-electron chi connectivity index (χ1n) is 9.51. The SMILES string of the molecule is Cc1nc2ccc(-c3ccc4c(c3)CNCCO4)cc2n1C(=O)OC(C)(C)C. The van der Waals surface area contributed by atoms with E-state index in [-0.39, 0.29) is 0 Å². The van der Waals surface area contributed by atoms with Gasteiger partial charge in [-0.25, -0.2) is 14.3 Å². The van der Waals surface area contributed by atoms with E-state index in [9.17, 15) is 4.79 Å². The number of ether oxygens (including phenoxy) is 2. The summed E-state index contributed by atoms with van der Waals surface area (Å²) in [6, 6.07) is 12.2. The summed E-state index contributed by atoms with van der Waals surface area (Å²) in [5, 5.41) is 3.36. The van der Waals surface area contributed by atoms with Crippen molar-refractivity contribution in [1.82, 2.24) is 14.9 Å². The Bertz CT molecular complexity index is 1050. The number of benzene rings is 2. The van der Waals surface area contributed by atoms with Gasteiger partial charge in [-0.15, -0.1) is 0 Å². The van der Waals surface area contributed by atoms with Crippen LogP contribution in [0.3, 0.4) is 0 Å². The maximum atomic E-state index is 12.7. The largest absolute Gasteiger partial charge is 0.492 e. The van der Waals surface area contributed by atoms with Gasteiger partial charge in [-0.1, -0.05) is 12.1 Å². The molecule has 0 radical (unpaired) electrons. The van der Waals surface area contributed by atoms with Crippen LogP contribution in [0.2, 0.25) is 0 Å². The number of hydrogen-bond acceptors (Lipinski definition) is 5. The molecule has 1 aliphatic heterocycles. The highest BCUT2D eigenvalue weighted by Gasteiger charge is 2.22. The number of fused-ring (bicyclic) bond motifs is 2. The Morgan fingerprint density at radius 1 is 1.18 bits per heavy atom. The van der Waals surface area contributed by atoms with E-state index in [4.69, 9.17) is 9.47 Å². The Labute approximate surface area is 164 Å². The molecule has 2 aromatic carbocycles. The zero-order valence-electron chi connectivity index (χ0n) is 16.7.